The molecule has 2 aliphatic heterocycles. The SMILES string of the molecule is COC1(CN2CCNCC2C)CCOC1. The molecule has 0 aromatic heterocycles. The van der Waals surface area contributed by atoms with Crippen LogP contribution in [-0.4, -0.2) is 63.0 Å². The van der Waals surface area contributed by atoms with Gasteiger partial charge in [-0.2, -0.15) is 0 Å². The number of hydrogen-bond donors (Lipinski definition) is 1. The molecule has 0 aromatic carbocycles. The van der Waals surface area contributed by atoms with Crippen LogP contribution in [0.4, 0.5) is 0 Å². The second-order valence-electron chi connectivity index (χ2n) is 4.71. The molecular weight excluding hydrogens is 192 g/mol. The number of nitrogens with zero attached hydrogens (tertiary/aromatic N) is 1. The summed E-state index contributed by atoms with van der Waals surface area (Å²) in [5.74, 6) is 0. The van der Waals surface area contributed by atoms with Crippen molar-refractivity contribution in [3.05, 3.63) is 0 Å². The lowest BCUT2D eigenvalue weighted by Crippen LogP contribution is -2.55. The summed E-state index contributed by atoms with van der Waals surface area (Å²) >= 11 is 0. The largest absolute Gasteiger partial charge is 0.378 e. The third-order valence-electron chi connectivity index (χ3n) is 3.63. The predicted molar refractivity (Wildman–Crippen MR) is 59.1 cm³/mol. The lowest BCUT2D eigenvalue weighted by atomic mass is 10.0. The zero-order valence-electron chi connectivity index (χ0n) is 9.79. The highest BCUT2D eigenvalue weighted by Gasteiger charge is 2.38. The van der Waals surface area contributed by atoms with E-state index in [0.717, 1.165) is 45.8 Å². The fraction of sp³-hybridized carbons (Fsp3) is 1.00. The first-order valence-corrected chi connectivity index (χ1v) is 5.83. The summed E-state index contributed by atoms with van der Waals surface area (Å²) in [6, 6.07) is 0.603. The molecule has 2 atom stereocenters. The van der Waals surface area contributed by atoms with Crippen molar-refractivity contribution in [3.8, 4) is 0 Å². The number of piperazine rings is 1. The van der Waals surface area contributed by atoms with Crippen molar-refractivity contribution < 1.29 is 9.47 Å². The summed E-state index contributed by atoms with van der Waals surface area (Å²) in [6.45, 7) is 8.16. The van der Waals surface area contributed by atoms with Gasteiger partial charge in [-0.05, 0) is 6.92 Å². The van der Waals surface area contributed by atoms with Crippen molar-refractivity contribution in [1.82, 2.24) is 10.2 Å². The van der Waals surface area contributed by atoms with Crippen molar-refractivity contribution in [2.75, 3.05) is 46.5 Å². The maximum Gasteiger partial charge on any atom is 0.106 e. The Balaban J connectivity index is 1.93. The summed E-state index contributed by atoms with van der Waals surface area (Å²) in [7, 11) is 1.81. The standard InChI is InChI=1S/C11H22N2O2/c1-10-7-12-4-5-13(10)8-11(14-2)3-6-15-9-11/h10,12H,3-9H2,1-2H3. The van der Waals surface area contributed by atoms with E-state index in [0.29, 0.717) is 6.04 Å². The van der Waals surface area contributed by atoms with E-state index in [2.05, 4.69) is 17.1 Å². The van der Waals surface area contributed by atoms with Crippen LogP contribution in [0.5, 0.6) is 0 Å². The molecule has 2 rings (SSSR count). The Morgan fingerprint density at radius 3 is 3.07 bits per heavy atom. The Labute approximate surface area is 91.9 Å². The highest BCUT2D eigenvalue weighted by molar-refractivity contribution is 4.90. The van der Waals surface area contributed by atoms with Gasteiger partial charge in [0.15, 0.2) is 0 Å². The van der Waals surface area contributed by atoms with E-state index in [1.54, 1.807) is 0 Å². The van der Waals surface area contributed by atoms with E-state index in [4.69, 9.17) is 9.47 Å². The summed E-state index contributed by atoms with van der Waals surface area (Å²) in [4.78, 5) is 2.51. The number of rotatable bonds is 3. The number of ether oxygens (including phenoxy) is 2. The maximum atomic E-state index is 5.66. The fourth-order valence-electron chi connectivity index (χ4n) is 2.43. The van der Waals surface area contributed by atoms with Gasteiger partial charge in [0, 0.05) is 52.4 Å². The minimum Gasteiger partial charge on any atom is -0.378 e. The first-order valence-electron chi connectivity index (χ1n) is 5.83. The van der Waals surface area contributed by atoms with Gasteiger partial charge in [0.1, 0.15) is 5.60 Å². The molecule has 88 valence electrons. The summed E-state index contributed by atoms with van der Waals surface area (Å²) in [5.41, 5.74) is -0.0500. The van der Waals surface area contributed by atoms with Gasteiger partial charge in [0.05, 0.1) is 6.61 Å². The summed E-state index contributed by atoms with van der Waals surface area (Å²) < 4.78 is 11.1. The first-order chi connectivity index (χ1) is 7.26. The van der Waals surface area contributed by atoms with Crippen molar-refractivity contribution in [3.63, 3.8) is 0 Å². The van der Waals surface area contributed by atoms with Crippen LogP contribution in [0, 0.1) is 0 Å². The van der Waals surface area contributed by atoms with Crippen LogP contribution < -0.4 is 5.32 Å². The summed E-state index contributed by atoms with van der Waals surface area (Å²) in [5, 5.41) is 3.41. The zero-order chi connectivity index (χ0) is 10.7. The Bertz CT molecular complexity index is 205. The quantitative estimate of drug-likeness (QED) is 0.722. The molecule has 0 aromatic rings. The fourth-order valence-corrected chi connectivity index (χ4v) is 2.43. The highest BCUT2D eigenvalue weighted by atomic mass is 16.5. The Hall–Kier alpha value is -0.160. The van der Waals surface area contributed by atoms with E-state index in [-0.39, 0.29) is 5.60 Å². The van der Waals surface area contributed by atoms with E-state index in [1.165, 1.54) is 0 Å². The van der Waals surface area contributed by atoms with Crippen LogP contribution >= 0.6 is 0 Å². The average Bonchev–Trinajstić information content (AvgIpc) is 2.71. The van der Waals surface area contributed by atoms with E-state index < -0.39 is 0 Å². The molecule has 2 saturated heterocycles. The van der Waals surface area contributed by atoms with E-state index in [9.17, 15) is 0 Å². The molecule has 4 heteroatoms. The van der Waals surface area contributed by atoms with Crippen molar-refractivity contribution in [2.24, 2.45) is 0 Å². The smallest absolute Gasteiger partial charge is 0.106 e. The van der Waals surface area contributed by atoms with E-state index >= 15 is 0 Å². The minimum absolute atomic E-state index is 0.0500. The number of methoxy groups -OCH3 is 1. The molecule has 2 fully saturated rings. The number of nitrogens with one attached hydrogen (secondary N) is 1. The molecule has 0 saturated carbocycles. The van der Waals surface area contributed by atoms with Crippen molar-refractivity contribution in [2.45, 2.75) is 25.0 Å². The normalized spacial score (nSPS) is 38.4. The van der Waals surface area contributed by atoms with Gasteiger partial charge in [-0.3, -0.25) is 4.90 Å². The lowest BCUT2D eigenvalue weighted by molar-refractivity contribution is -0.0500. The van der Waals surface area contributed by atoms with Crippen molar-refractivity contribution >= 4 is 0 Å². The van der Waals surface area contributed by atoms with Gasteiger partial charge in [-0.25, -0.2) is 0 Å². The van der Waals surface area contributed by atoms with Gasteiger partial charge < -0.3 is 14.8 Å². The predicted octanol–water partition coefficient (Wildman–Crippen LogP) is 0.0856. The molecule has 0 bridgehead atoms. The van der Waals surface area contributed by atoms with Gasteiger partial charge in [0.25, 0.3) is 0 Å². The summed E-state index contributed by atoms with van der Waals surface area (Å²) in [6.07, 6.45) is 1.03. The van der Waals surface area contributed by atoms with Gasteiger partial charge in [0.2, 0.25) is 0 Å². The third-order valence-corrected chi connectivity index (χ3v) is 3.63. The molecule has 1 N–H and O–H groups in total. The molecule has 0 spiro atoms. The van der Waals surface area contributed by atoms with Crippen LogP contribution in [-0.2, 0) is 9.47 Å². The Kier molecular flexibility index (Phi) is 3.61. The second-order valence-corrected chi connectivity index (χ2v) is 4.71. The second kappa shape index (κ2) is 4.78. The average molecular weight is 214 g/mol. The highest BCUT2D eigenvalue weighted by Crippen LogP contribution is 2.24. The van der Waals surface area contributed by atoms with Gasteiger partial charge in [-0.1, -0.05) is 0 Å². The third kappa shape index (κ3) is 2.50. The van der Waals surface area contributed by atoms with Crippen molar-refractivity contribution in [1.29, 1.82) is 0 Å². The molecule has 2 aliphatic rings. The van der Waals surface area contributed by atoms with Crippen LogP contribution in [0.15, 0.2) is 0 Å². The topological polar surface area (TPSA) is 33.7 Å². The van der Waals surface area contributed by atoms with E-state index in [1.807, 2.05) is 7.11 Å². The Morgan fingerprint density at radius 1 is 1.60 bits per heavy atom. The van der Waals surface area contributed by atoms with Gasteiger partial charge in [-0.15, -0.1) is 0 Å². The molecule has 15 heavy (non-hydrogen) atoms. The van der Waals surface area contributed by atoms with Gasteiger partial charge >= 0.3 is 0 Å². The molecule has 2 unspecified atom stereocenters. The first kappa shape index (κ1) is 11.3. The zero-order valence-corrected chi connectivity index (χ0v) is 9.79. The monoisotopic (exact) mass is 214 g/mol. The minimum atomic E-state index is -0.0500. The molecule has 4 nitrogen and oxygen atoms in total. The number of hydrogen-bond acceptors (Lipinski definition) is 4. The maximum absolute atomic E-state index is 5.66. The molecular formula is C11H22N2O2. The molecule has 2 heterocycles. The van der Waals surface area contributed by atoms with Crippen LogP contribution in [0.25, 0.3) is 0 Å². The van der Waals surface area contributed by atoms with Crippen LogP contribution in [0.2, 0.25) is 0 Å². The lowest BCUT2D eigenvalue weighted by Gasteiger charge is -2.39. The molecule has 0 amide bonds. The Morgan fingerprint density at radius 2 is 2.47 bits per heavy atom. The molecule has 0 aliphatic carbocycles. The van der Waals surface area contributed by atoms with Crippen LogP contribution in [0.3, 0.4) is 0 Å². The van der Waals surface area contributed by atoms with Crippen LogP contribution in [0.1, 0.15) is 13.3 Å². The molecule has 0 radical (unpaired) electrons.